The Morgan fingerprint density at radius 1 is 1.56 bits per heavy atom. The first-order valence-corrected chi connectivity index (χ1v) is 6.68. The Morgan fingerprint density at radius 2 is 2.38 bits per heavy atom. The van der Waals surface area contributed by atoms with Crippen molar-refractivity contribution in [2.45, 2.75) is 19.0 Å². The topological polar surface area (TPSA) is 15.3 Å². The van der Waals surface area contributed by atoms with Crippen LogP contribution in [0.15, 0.2) is 22.7 Å². The van der Waals surface area contributed by atoms with Gasteiger partial charge in [-0.2, -0.15) is 0 Å². The highest BCUT2D eigenvalue weighted by Crippen LogP contribution is 2.21. The van der Waals surface area contributed by atoms with Crippen molar-refractivity contribution in [2.75, 3.05) is 20.1 Å². The smallest absolute Gasteiger partial charge is 0.0410 e. The van der Waals surface area contributed by atoms with Gasteiger partial charge in [0.05, 0.1) is 0 Å². The first kappa shape index (κ1) is 12.4. The monoisotopic (exact) mass is 302 g/mol. The number of hydrogen-bond donors (Lipinski definition) is 1. The number of rotatable bonds is 3. The van der Waals surface area contributed by atoms with E-state index in [1.54, 1.807) is 0 Å². The Hall–Kier alpha value is -0.0900. The van der Waals surface area contributed by atoms with Crippen molar-refractivity contribution in [2.24, 2.45) is 0 Å². The third-order valence-electron chi connectivity index (χ3n) is 2.98. The average molecular weight is 304 g/mol. The van der Waals surface area contributed by atoms with E-state index in [-0.39, 0.29) is 0 Å². The second-order valence-electron chi connectivity index (χ2n) is 4.36. The van der Waals surface area contributed by atoms with Crippen LogP contribution in [0.2, 0.25) is 5.02 Å². The van der Waals surface area contributed by atoms with Crippen molar-refractivity contribution < 1.29 is 0 Å². The molecule has 1 atom stereocenters. The second-order valence-corrected chi connectivity index (χ2v) is 5.66. The fourth-order valence-corrected chi connectivity index (χ4v) is 2.62. The summed E-state index contributed by atoms with van der Waals surface area (Å²) in [7, 11) is 2.16. The first-order chi connectivity index (χ1) is 7.65. The molecular weight excluding hydrogens is 288 g/mol. The maximum atomic E-state index is 5.98. The molecule has 0 radical (unpaired) electrons. The summed E-state index contributed by atoms with van der Waals surface area (Å²) < 4.78 is 1.12. The van der Waals surface area contributed by atoms with E-state index in [1.807, 2.05) is 18.2 Å². The van der Waals surface area contributed by atoms with Crippen molar-refractivity contribution in [3.63, 3.8) is 0 Å². The first-order valence-electron chi connectivity index (χ1n) is 5.51. The van der Waals surface area contributed by atoms with Crippen molar-refractivity contribution in [3.05, 3.63) is 33.3 Å². The summed E-state index contributed by atoms with van der Waals surface area (Å²) in [6.45, 7) is 3.20. The zero-order valence-electron chi connectivity index (χ0n) is 9.34. The lowest BCUT2D eigenvalue weighted by Gasteiger charge is -2.13. The Balaban J connectivity index is 1.91. The minimum atomic E-state index is 0.607. The lowest BCUT2D eigenvalue weighted by molar-refractivity contribution is 0.397. The molecule has 0 aliphatic carbocycles. The van der Waals surface area contributed by atoms with Gasteiger partial charge < -0.3 is 10.2 Å². The zero-order chi connectivity index (χ0) is 11.5. The molecule has 1 aromatic carbocycles. The van der Waals surface area contributed by atoms with Crippen LogP contribution in [0.1, 0.15) is 12.0 Å². The number of likely N-dealkylation sites (N-methyl/N-ethyl adjacent to an activating group) is 1. The third kappa shape index (κ3) is 3.20. The van der Waals surface area contributed by atoms with Gasteiger partial charge in [-0.3, -0.25) is 0 Å². The van der Waals surface area contributed by atoms with Crippen LogP contribution >= 0.6 is 27.5 Å². The van der Waals surface area contributed by atoms with E-state index in [2.05, 4.69) is 33.2 Å². The van der Waals surface area contributed by atoms with E-state index in [0.717, 1.165) is 22.6 Å². The summed E-state index contributed by atoms with van der Waals surface area (Å²) in [5, 5.41) is 4.36. The molecule has 1 aromatic rings. The molecule has 0 spiro atoms. The average Bonchev–Trinajstić information content (AvgIpc) is 2.66. The summed E-state index contributed by atoms with van der Waals surface area (Å²) in [5.41, 5.74) is 1.22. The zero-order valence-corrected chi connectivity index (χ0v) is 11.7. The van der Waals surface area contributed by atoms with Gasteiger partial charge in [0.2, 0.25) is 0 Å². The van der Waals surface area contributed by atoms with Crippen LogP contribution < -0.4 is 5.32 Å². The van der Waals surface area contributed by atoms with Gasteiger partial charge in [-0.25, -0.2) is 0 Å². The van der Waals surface area contributed by atoms with E-state index in [1.165, 1.54) is 18.5 Å². The van der Waals surface area contributed by atoms with Crippen LogP contribution in [0.25, 0.3) is 0 Å². The minimum absolute atomic E-state index is 0.607. The molecule has 1 aliphatic heterocycles. The molecule has 1 aliphatic rings. The van der Waals surface area contributed by atoms with E-state index >= 15 is 0 Å². The highest BCUT2D eigenvalue weighted by atomic mass is 79.9. The summed E-state index contributed by atoms with van der Waals surface area (Å²) in [5.74, 6) is 0. The van der Waals surface area contributed by atoms with Gasteiger partial charge in [-0.05, 0) is 43.8 Å². The fourth-order valence-electron chi connectivity index (χ4n) is 2.03. The van der Waals surface area contributed by atoms with Gasteiger partial charge in [-0.1, -0.05) is 27.5 Å². The number of benzene rings is 1. The minimum Gasteiger partial charge on any atom is -0.309 e. The molecular formula is C12H16BrClN2. The Bertz CT molecular complexity index is 370. The van der Waals surface area contributed by atoms with Gasteiger partial charge in [0.25, 0.3) is 0 Å². The highest BCUT2D eigenvalue weighted by Gasteiger charge is 2.18. The molecule has 1 N–H and O–H groups in total. The van der Waals surface area contributed by atoms with Crippen LogP contribution in [0.3, 0.4) is 0 Å². The molecule has 0 saturated carbocycles. The molecule has 1 saturated heterocycles. The number of halogens is 2. The Labute approximate surface area is 110 Å². The molecule has 0 amide bonds. The Kier molecular flexibility index (Phi) is 4.25. The molecule has 0 aromatic heterocycles. The van der Waals surface area contributed by atoms with Crippen LogP contribution in [-0.4, -0.2) is 31.1 Å². The van der Waals surface area contributed by atoms with Crippen molar-refractivity contribution in [1.82, 2.24) is 10.2 Å². The summed E-state index contributed by atoms with van der Waals surface area (Å²) >= 11 is 9.52. The number of hydrogen-bond acceptors (Lipinski definition) is 2. The predicted molar refractivity (Wildman–Crippen MR) is 71.9 cm³/mol. The van der Waals surface area contributed by atoms with Crippen molar-refractivity contribution in [3.8, 4) is 0 Å². The molecule has 0 bridgehead atoms. The molecule has 2 rings (SSSR count). The molecule has 1 unspecified atom stereocenters. The molecule has 4 heteroatoms. The lowest BCUT2D eigenvalue weighted by atomic mass is 10.2. The van der Waals surface area contributed by atoms with Gasteiger partial charge in [0.1, 0.15) is 0 Å². The molecule has 16 heavy (non-hydrogen) atoms. The standard InChI is InChI=1S/C12H16BrClN2/c1-16-5-4-11(8-16)15-7-9-6-10(14)2-3-12(9)13/h2-3,6,11,15H,4-5,7-8H2,1H3. The highest BCUT2D eigenvalue weighted by molar-refractivity contribution is 9.10. The van der Waals surface area contributed by atoms with Crippen molar-refractivity contribution >= 4 is 27.5 Å². The lowest BCUT2D eigenvalue weighted by Crippen LogP contribution is -2.31. The Morgan fingerprint density at radius 3 is 3.06 bits per heavy atom. The second kappa shape index (κ2) is 5.50. The third-order valence-corrected chi connectivity index (χ3v) is 3.99. The fraction of sp³-hybridized carbons (Fsp3) is 0.500. The summed E-state index contributed by atoms with van der Waals surface area (Å²) in [6, 6.07) is 6.52. The maximum absolute atomic E-state index is 5.98. The summed E-state index contributed by atoms with van der Waals surface area (Å²) in [4.78, 5) is 2.35. The molecule has 1 heterocycles. The van der Waals surface area contributed by atoms with Gasteiger partial charge in [-0.15, -0.1) is 0 Å². The van der Waals surface area contributed by atoms with Crippen LogP contribution in [-0.2, 0) is 6.54 Å². The van der Waals surface area contributed by atoms with Crippen LogP contribution in [0, 0.1) is 0 Å². The van der Waals surface area contributed by atoms with E-state index in [0.29, 0.717) is 6.04 Å². The quantitative estimate of drug-likeness (QED) is 0.924. The molecule has 2 nitrogen and oxygen atoms in total. The van der Waals surface area contributed by atoms with Crippen LogP contribution in [0.4, 0.5) is 0 Å². The molecule has 1 fully saturated rings. The van der Waals surface area contributed by atoms with Crippen LogP contribution in [0.5, 0.6) is 0 Å². The predicted octanol–water partition coefficient (Wildman–Crippen LogP) is 2.90. The van der Waals surface area contributed by atoms with Crippen molar-refractivity contribution in [1.29, 1.82) is 0 Å². The SMILES string of the molecule is CN1CCC(NCc2cc(Cl)ccc2Br)C1. The number of nitrogens with zero attached hydrogens (tertiary/aromatic N) is 1. The van der Waals surface area contributed by atoms with Gasteiger partial charge in [0, 0.05) is 28.6 Å². The van der Waals surface area contributed by atoms with Gasteiger partial charge >= 0.3 is 0 Å². The number of likely N-dealkylation sites (tertiary alicyclic amines) is 1. The van der Waals surface area contributed by atoms with E-state index in [9.17, 15) is 0 Å². The largest absolute Gasteiger partial charge is 0.309 e. The molecule has 88 valence electrons. The maximum Gasteiger partial charge on any atom is 0.0410 e. The normalized spacial score (nSPS) is 21.6. The van der Waals surface area contributed by atoms with E-state index < -0.39 is 0 Å². The van der Waals surface area contributed by atoms with E-state index in [4.69, 9.17) is 11.6 Å². The number of nitrogens with one attached hydrogen (secondary N) is 1. The van der Waals surface area contributed by atoms with Gasteiger partial charge in [0.15, 0.2) is 0 Å². The summed E-state index contributed by atoms with van der Waals surface area (Å²) in [6.07, 6.45) is 1.23.